The molecule has 0 unspecified atom stereocenters. The van der Waals surface area contributed by atoms with Crippen molar-refractivity contribution in [2.24, 2.45) is 7.05 Å². The Balaban J connectivity index is 2.26. The van der Waals surface area contributed by atoms with Crippen LogP contribution in [0.25, 0.3) is 0 Å². The van der Waals surface area contributed by atoms with Gasteiger partial charge in [0.2, 0.25) is 0 Å². The highest BCUT2D eigenvalue weighted by molar-refractivity contribution is 6.05. The minimum absolute atomic E-state index is 0.0994. The second-order valence-electron chi connectivity index (χ2n) is 4.69. The molecule has 0 saturated carbocycles. The van der Waals surface area contributed by atoms with E-state index in [9.17, 15) is 14.0 Å². The summed E-state index contributed by atoms with van der Waals surface area (Å²) < 4.78 is 14.6. The maximum Gasteiger partial charge on any atom is 0.272 e. The summed E-state index contributed by atoms with van der Waals surface area (Å²) in [5.41, 5.74) is 2.04. The summed E-state index contributed by atoms with van der Waals surface area (Å²) in [4.78, 5) is 23.5. The number of aromatic nitrogens is 1. The number of aryl methyl sites for hydroxylation is 2. The lowest BCUT2D eigenvalue weighted by Crippen LogP contribution is -2.16. The highest BCUT2D eigenvalue weighted by Gasteiger charge is 2.14. The monoisotopic (exact) mass is 274 g/mol. The topological polar surface area (TPSA) is 51.1 Å². The van der Waals surface area contributed by atoms with Crippen LogP contribution in [0.4, 0.5) is 10.1 Å². The number of hydrogen-bond donors (Lipinski definition) is 1. The number of carbonyl (C=O) groups is 2. The largest absolute Gasteiger partial charge is 0.346 e. The molecule has 2 aromatic rings. The Hall–Kier alpha value is -2.43. The summed E-state index contributed by atoms with van der Waals surface area (Å²) >= 11 is 0. The van der Waals surface area contributed by atoms with Crippen LogP contribution in [0.5, 0.6) is 0 Å². The molecule has 0 aliphatic carbocycles. The molecular weight excluding hydrogens is 259 g/mol. The first-order valence-electron chi connectivity index (χ1n) is 6.13. The molecule has 2 rings (SSSR count). The molecule has 0 spiro atoms. The molecule has 0 atom stereocenters. The molecule has 4 nitrogen and oxygen atoms in total. The van der Waals surface area contributed by atoms with Gasteiger partial charge in [0.1, 0.15) is 11.5 Å². The molecule has 0 saturated heterocycles. The number of anilines is 1. The molecule has 1 N–H and O–H groups in total. The van der Waals surface area contributed by atoms with E-state index in [0.29, 0.717) is 22.5 Å². The molecule has 20 heavy (non-hydrogen) atoms. The lowest BCUT2D eigenvalue weighted by molar-refractivity contribution is 0.101. The minimum atomic E-state index is -0.349. The third-order valence-corrected chi connectivity index (χ3v) is 3.08. The zero-order chi connectivity index (χ0) is 14.9. The molecule has 1 heterocycles. The molecule has 5 heteroatoms. The van der Waals surface area contributed by atoms with Crippen LogP contribution >= 0.6 is 0 Å². The number of nitrogens with zero attached hydrogens (tertiary/aromatic N) is 1. The fourth-order valence-corrected chi connectivity index (χ4v) is 1.94. The van der Waals surface area contributed by atoms with Gasteiger partial charge in [0.15, 0.2) is 5.78 Å². The third-order valence-electron chi connectivity index (χ3n) is 3.08. The average Bonchev–Trinajstić information content (AvgIpc) is 2.75. The Labute approximate surface area is 116 Å². The lowest BCUT2D eigenvalue weighted by atomic mass is 10.2. The number of nitrogens with one attached hydrogen (secondary N) is 1. The van der Waals surface area contributed by atoms with Crippen LogP contribution in [0.15, 0.2) is 30.5 Å². The number of hydrogen-bond acceptors (Lipinski definition) is 2. The van der Waals surface area contributed by atoms with Crippen LogP contribution in [-0.2, 0) is 7.05 Å². The van der Waals surface area contributed by atoms with Crippen LogP contribution in [-0.4, -0.2) is 16.3 Å². The standard InChI is InChI=1S/C15H15FN2O2/c1-9-6-12(16)4-5-13(9)17-15(20)14-7-11(10(2)19)8-18(14)3/h4-8H,1-3H3,(H,17,20). The van der Waals surface area contributed by atoms with Crippen molar-refractivity contribution in [3.8, 4) is 0 Å². The van der Waals surface area contributed by atoms with Crippen LogP contribution < -0.4 is 5.32 Å². The number of ketones is 1. The number of rotatable bonds is 3. The Morgan fingerprint density at radius 2 is 1.95 bits per heavy atom. The third kappa shape index (κ3) is 2.77. The van der Waals surface area contributed by atoms with Crippen molar-refractivity contribution >= 4 is 17.4 Å². The number of halogens is 1. The van der Waals surface area contributed by atoms with Crippen molar-refractivity contribution in [3.63, 3.8) is 0 Å². The van der Waals surface area contributed by atoms with E-state index in [2.05, 4.69) is 5.32 Å². The van der Waals surface area contributed by atoms with Crippen molar-refractivity contribution in [1.82, 2.24) is 4.57 Å². The van der Waals surface area contributed by atoms with Gasteiger partial charge >= 0.3 is 0 Å². The normalized spacial score (nSPS) is 10.4. The van der Waals surface area contributed by atoms with Crippen LogP contribution in [0, 0.1) is 12.7 Å². The van der Waals surface area contributed by atoms with Crippen LogP contribution in [0.1, 0.15) is 33.3 Å². The van der Waals surface area contributed by atoms with Gasteiger partial charge in [-0.2, -0.15) is 0 Å². The molecule has 1 amide bonds. The first kappa shape index (κ1) is 14.0. The van der Waals surface area contributed by atoms with Crippen LogP contribution in [0.3, 0.4) is 0 Å². The first-order chi connectivity index (χ1) is 9.38. The van der Waals surface area contributed by atoms with E-state index >= 15 is 0 Å². The molecule has 1 aromatic carbocycles. The molecule has 1 aromatic heterocycles. The summed E-state index contributed by atoms with van der Waals surface area (Å²) in [6, 6.07) is 5.68. The zero-order valence-corrected chi connectivity index (χ0v) is 11.5. The maximum absolute atomic E-state index is 13.0. The molecule has 0 bridgehead atoms. The van der Waals surface area contributed by atoms with Gasteiger partial charge in [-0.05, 0) is 43.7 Å². The summed E-state index contributed by atoms with van der Waals surface area (Å²) in [6.45, 7) is 3.16. The van der Waals surface area contributed by atoms with E-state index in [4.69, 9.17) is 0 Å². The fourth-order valence-electron chi connectivity index (χ4n) is 1.94. The molecule has 0 aliphatic heterocycles. The molecule has 0 radical (unpaired) electrons. The molecular formula is C15H15FN2O2. The van der Waals surface area contributed by atoms with E-state index in [0.717, 1.165) is 0 Å². The van der Waals surface area contributed by atoms with Gasteiger partial charge in [-0.15, -0.1) is 0 Å². The van der Waals surface area contributed by atoms with Crippen molar-refractivity contribution in [2.45, 2.75) is 13.8 Å². The van der Waals surface area contributed by atoms with Gasteiger partial charge in [0.05, 0.1) is 0 Å². The number of benzene rings is 1. The van der Waals surface area contributed by atoms with E-state index in [-0.39, 0.29) is 17.5 Å². The average molecular weight is 274 g/mol. The van der Waals surface area contributed by atoms with E-state index in [1.165, 1.54) is 31.2 Å². The Kier molecular flexibility index (Phi) is 3.70. The van der Waals surface area contributed by atoms with Crippen molar-refractivity contribution in [2.75, 3.05) is 5.32 Å². The van der Waals surface area contributed by atoms with Gasteiger partial charge < -0.3 is 9.88 Å². The summed E-state index contributed by atoms with van der Waals surface area (Å²) in [5.74, 6) is -0.787. The Morgan fingerprint density at radius 3 is 2.50 bits per heavy atom. The number of amides is 1. The smallest absolute Gasteiger partial charge is 0.272 e. The summed E-state index contributed by atoms with van der Waals surface area (Å²) in [6.07, 6.45) is 1.61. The second kappa shape index (κ2) is 5.28. The van der Waals surface area contributed by atoms with Crippen LogP contribution in [0.2, 0.25) is 0 Å². The SMILES string of the molecule is CC(=O)c1cc(C(=O)Nc2ccc(F)cc2C)n(C)c1. The van der Waals surface area contributed by atoms with Gasteiger partial charge in [-0.3, -0.25) is 9.59 Å². The van der Waals surface area contributed by atoms with E-state index in [1.54, 1.807) is 24.7 Å². The minimum Gasteiger partial charge on any atom is -0.346 e. The van der Waals surface area contributed by atoms with Gasteiger partial charge in [-0.25, -0.2) is 4.39 Å². The highest BCUT2D eigenvalue weighted by atomic mass is 19.1. The summed E-state index contributed by atoms with van der Waals surface area (Å²) in [5, 5.41) is 2.71. The number of carbonyl (C=O) groups excluding carboxylic acids is 2. The number of Topliss-reactive ketones (excluding diaryl/α,β-unsaturated/α-hetero) is 1. The quantitative estimate of drug-likeness (QED) is 0.875. The molecule has 104 valence electrons. The lowest BCUT2D eigenvalue weighted by Gasteiger charge is -2.08. The van der Waals surface area contributed by atoms with Crippen molar-refractivity contribution < 1.29 is 14.0 Å². The predicted molar refractivity (Wildman–Crippen MR) is 74.5 cm³/mol. The maximum atomic E-state index is 13.0. The zero-order valence-electron chi connectivity index (χ0n) is 11.5. The first-order valence-corrected chi connectivity index (χ1v) is 6.13. The van der Waals surface area contributed by atoms with E-state index in [1.807, 2.05) is 0 Å². The molecule has 0 aliphatic rings. The Morgan fingerprint density at radius 1 is 1.25 bits per heavy atom. The fraction of sp³-hybridized carbons (Fsp3) is 0.200. The second-order valence-corrected chi connectivity index (χ2v) is 4.69. The summed E-state index contributed by atoms with van der Waals surface area (Å²) in [7, 11) is 1.69. The molecule has 0 fully saturated rings. The van der Waals surface area contributed by atoms with Gasteiger partial charge in [-0.1, -0.05) is 0 Å². The van der Waals surface area contributed by atoms with Gasteiger partial charge in [0, 0.05) is 24.5 Å². The highest BCUT2D eigenvalue weighted by Crippen LogP contribution is 2.17. The van der Waals surface area contributed by atoms with Crippen molar-refractivity contribution in [1.29, 1.82) is 0 Å². The van der Waals surface area contributed by atoms with E-state index < -0.39 is 0 Å². The van der Waals surface area contributed by atoms with Gasteiger partial charge in [0.25, 0.3) is 5.91 Å². The Bertz CT molecular complexity index is 689. The van der Waals surface area contributed by atoms with Crippen molar-refractivity contribution in [3.05, 3.63) is 53.1 Å². The predicted octanol–water partition coefficient (Wildman–Crippen LogP) is 2.93.